The summed E-state index contributed by atoms with van der Waals surface area (Å²) in [5.74, 6) is -2.11. The van der Waals surface area contributed by atoms with Crippen molar-refractivity contribution in [3.63, 3.8) is 0 Å². The fourth-order valence-electron chi connectivity index (χ4n) is 2.29. The largest absolute Gasteiger partial charge is 0.465 e. The molecule has 1 aliphatic rings. The molecule has 1 N–H and O–H groups in total. The van der Waals surface area contributed by atoms with Crippen molar-refractivity contribution in [3.8, 4) is 0 Å². The maximum atomic E-state index is 12.8. The van der Waals surface area contributed by atoms with Crippen LogP contribution >= 0.6 is 0 Å². The van der Waals surface area contributed by atoms with Crippen LogP contribution in [0.2, 0.25) is 0 Å². The molecule has 0 aromatic carbocycles. The highest BCUT2D eigenvalue weighted by atomic mass is 19.4. The van der Waals surface area contributed by atoms with Gasteiger partial charge in [-0.25, -0.2) is 9.69 Å². The number of nitrogens with zero attached hydrogens (tertiary/aromatic N) is 3. The minimum absolute atomic E-state index is 0.0670. The molecule has 0 spiro atoms. The summed E-state index contributed by atoms with van der Waals surface area (Å²) in [5, 5.41) is 16.4. The lowest BCUT2D eigenvalue weighted by molar-refractivity contribution is -0.175. The molecule has 0 aliphatic carbocycles. The van der Waals surface area contributed by atoms with Gasteiger partial charge in [0.2, 0.25) is 5.91 Å². The highest BCUT2D eigenvalue weighted by Crippen LogP contribution is 2.37. The Bertz CT molecular complexity index is 559. The third-order valence-corrected chi connectivity index (χ3v) is 3.30. The molecule has 1 aromatic heterocycles. The number of halogens is 3. The molecule has 114 valence electrons. The number of hydrogen-bond acceptors (Lipinski definition) is 4. The predicted octanol–water partition coefficient (Wildman–Crippen LogP) is 1.78. The van der Waals surface area contributed by atoms with Gasteiger partial charge in [0.25, 0.3) is 0 Å². The number of rotatable bonds is 2. The summed E-state index contributed by atoms with van der Waals surface area (Å²) in [6.07, 6.45) is -7.33. The molecule has 1 saturated heterocycles. The van der Waals surface area contributed by atoms with Crippen LogP contribution in [0.5, 0.6) is 0 Å². The van der Waals surface area contributed by atoms with E-state index in [0.29, 0.717) is 11.4 Å². The number of aromatic nitrogens is 2. The number of hydrogen-bond donors (Lipinski definition) is 1. The van der Waals surface area contributed by atoms with Gasteiger partial charge in [0.1, 0.15) is 6.04 Å². The van der Waals surface area contributed by atoms with Crippen LogP contribution in [0, 0.1) is 12.8 Å². The molecule has 0 bridgehead atoms. The van der Waals surface area contributed by atoms with Gasteiger partial charge >= 0.3 is 12.3 Å². The summed E-state index contributed by atoms with van der Waals surface area (Å²) in [7, 11) is 0. The van der Waals surface area contributed by atoms with E-state index in [1.807, 2.05) is 0 Å². The van der Waals surface area contributed by atoms with Gasteiger partial charge in [-0.1, -0.05) is 0 Å². The Morgan fingerprint density at radius 2 is 2.10 bits per heavy atom. The van der Waals surface area contributed by atoms with E-state index in [0.717, 1.165) is 0 Å². The summed E-state index contributed by atoms with van der Waals surface area (Å²) in [4.78, 5) is 22.6. The first-order valence-electron chi connectivity index (χ1n) is 6.12. The van der Waals surface area contributed by atoms with Crippen LogP contribution in [0.3, 0.4) is 0 Å². The van der Waals surface area contributed by atoms with E-state index in [-0.39, 0.29) is 11.3 Å². The third kappa shape index (κ3) is 3.11. The Morgan fingerprint density at radius 3 is 2.52 bits per heavy atom. The number of alkyl halides is 3. The SMILES string of the molecule is Cc1ccc(CC2CC(C(F)(F)F)N(C(=O)O)C2=O)nn1. The number of carboxylic acid groups (broad SMARTS) is 1. The van der Waals surface area contributed by atoms with Crippen molar-refractivity contribution in [3.05, 3.63) is 23.5 Å². The van der Waals surface area contributed by atoms with Crippen molar-refractivity contribution in [2.75, 3.05) is 0 Å². The average molecular weight is 303 g/mol. The summed E-state index contributed by atoms with van der Waals surface area (Å²) in [5.41, 5.74) is 0.990. The zero-order chi connectivity index (χ0) is 15.8. The quantitative estimate of drug-likeness (QED) is 0.900. The Labute approximate surface area is 117 Å². The molecule has 0 saturated carbocycles. The van der Waals surface area contributed by atoms with E-state index in [1.54, 1.807) is 19.1 Å². The van der Waals surface area contributed by atoms with Gasteiger partial charge < -0.3 is 5.11 Å². The fraction of sp³-hybridized carbons (Fsp3) is 0.500. The Hall–Kier alpha value is -2.19. The Balaban J connectivity index is 2.20. The number of carbonyl (C=O) groups excluding carboxylic acids is 1. The molecule has 1 aromatic rings. The normalized spacial score (nSPS) is 22.7. The standard InChI is InChI=1S/C12H12F3N3O3/c1-6-2-3-8(17-16-6)4-7-5-9(12(13,14)15)18(10(7)19)11(20)21/h2-3,7,9H,4-5H2,1H3,(H,20,21). The van der Waals surface area contributed by atoms with Gasteiger partial charge in [-0.3, -0.25) is 4.79 Å². The summed E-state index contributed by atoms with van der Waals surface area (Å²) >= 11 is 0. The highest BCUT2D eigenvalue weighted by Gasteiger charge is 2.55. The maximum absolute atomic E-state index is 12.8. The fourth-order valence-corrected chi connectivity index (χ4v) is 2.29. The van der Waals surface area contributed by atoms with Gasteiger partial charge in [0.15, 0.2) is 0 Å². The predicted molar refractivity (Wildman–Crippen MR) is 63.3 cm³/mol. The summed E-state index contributed by atoms with van der Waals surface area (Å²) in [6, 6.07) is 0.880. The second kappa shape index (κ2) is 5.30. The molecule has 21 heavy (non-hydrogen) atoms. The molecule has 1 fully saturated rings. The molecule has 9 heteroatoms. The second-order valence-corrected chi connectivity index (χ2v) is 4.85. The average Bonchev–Trinajstić information content (AvgIpc) is 2.70. The van der Waals surface area contributed by atoms with Crippen molar-refractivity contribution < 1.29 is 27.9 Å². The van der Waals surface area contributed by atoms with Gasteiger partial charge in [-0.15, -0.1) is 0 Å². The van der Waals surface area contributed by atoms with Crippen molar-refractivity contribution >= 4 is 12.0 Å². The van der Waals surface area contributed by atoms with Crippen LogP contribution in [0.4, 0.5) is 18.0 Å². The first-order chi connectivity index (χ1) is 9.70. The minimum Gasteiger partial charge on any atom is -0.465 e. The van der Waals surface area contributed by atoms with Crippen molar-refractivity contribution in [1.29, 1.82) is 0 Å². The molecule has 6 nitrogen and oxygen atoms in total. The topological polar surface area (TPSA) is 83.4 Å². The van der Waals surface area contributed by atoms with Crippen LogP contribution in [-0.2, 0) is 11.2 Å². The van der Waals surface area contributed by atoms with E-state index in [9.17, 15) is 22.8 Å². The van der Waals surface area contributed by atoms with Crippen molar-refractivity contribution in [2.45, 2.75) is 32.0 Å². The molecule has 2 heterocycles. The maximum Gasteiger partial charge on any atom is 0.414 e. The van der Waals surface area contributed by atoms with E-state index in [2.05, 4.69) is 10.2 Å². The molecule has 0 radical (unpaired) electrons. The highest BCUT2D eigenvalue weighted by molar-refractivity contribution is 5.95. The number of aryl methyl sites for hydroxylation is 1. The molecule has 1 aliphatic heterocycles. The second-order valence-electron chi connectivity index (χ2n) is 4.85. The Kier molecular flexibility index (Phi) is 3.84. The lowest BCUT2D eigenvalue weighted by atomic mass is 9.99. The minimum atomic E-state index is -4.78. The number of carbonyl (C=O) groups is 2. The van der Waals surface area contributed by atoms with Crippen LogP contribution in [-0.4, -0.2) is 44.4 Å². The third-order valence-electron chi connectivity index (χ3n) is 3.30. The molecule has 2 rings (SSSR count). The first kappa shape index (κ1) is 15.2. The summed E-state index contributed by atoms with van der Waals surface area (Å²) in [6.45, 7) is 1.70. The molecular formula is C12H12F3N3O3. The van der Waals surface area contributed by atoms with Gasteiger partial charge in [-0.05, 0) is 25.5 Å². The Morgan fingerprint density at radius 1 is 1.43 bits per heavy atom. The number of amides is 2. The van der Waals surface area contributed by atoms with Crippen LogP contribution in [0.1, 0.15) is 17.8 Å². The summed E-state index contributed by atoms with van der Waals surface area (Å²) < 4.78 is 38.5. The van der Waals surface area contributed by atoms with Crippen LogP contribution in [0.25, 0.3) is 0 Å². The van der Waals surface area contributed by atoms with E-state index >= 15 is 0 Å². The van der Waals surface area contributed by atoms with Crippen molar-refractivity contribution in [1.82, 2.24) is 15.1 Å². The lowest BCUT2D eigenvalue weighted by Gasteiger charge is -2.21. The zero-order valence-corrected chi connectivity index (χ0v) is 11.0. The lowest BCUT2D eigenvalue weighted by Crippen LogP contribution is -2.46. The van der Waals surface area contributed by atoms with Crippen molar-refractivity contribution in [2.24, 2.45) is 5.92 Å². The van der Waals surface area contributed by atoms with Crippen LogP contribution in [0.15, 0.2) is 12.1 Å². The first-order valence-corrected chi connectivity index (χ1v) is 6.12. The van der Waals surface area contributed by atoms with Gasteiger partial charge in [-0.2, -0.15) is 23.4 Å². The molecule has 2 atom stereocenters. The number of imide groups is 1. The van der Waals surface area contributed by atoms with Gasteiger partial charge in [0, 0.05) is 12.3 Å². The molecule has 2 unspecified atom stereocenters. The molecular weight excluding hydrogens is 291 g/mol. The zero-order valence-electron chi connectivity index (χ0n) is 11.0. The van der Waals surface area contributed by atoms with Gasteiger partial charge in [0.05, 0.1) is 11.4 Å². The van der Waals surface area contributed by atoms with E-state index in [4.69, 9.17) is 5.11 Å². The van der Waals surface area contributed by atoms with E-state index < -0.39 is 36.6 Å². The smallest absolute Gasteiger partial charge is 0.414 e. The van der Waals surface area contributed by atoms with Crippen LogP contribution < -0.4 is 0 Å². The monoisotopic (exact) mass is 303 g/mol. The number of likely N-dealkylation sites (tertiary alicyclic amines) is 1. The van der Waals surface area contributed by atoms with E-state index in [1.165, 1.54) is 0 Å². The molecule has 2 amide bonds.